The van der Waals surface area contributed by atoms with E-state index < -0.39 is 0 Å². The van der Waals surface area contributed by atoms with Crippen molar-refractivity contribution in [2.45, 2.75) is 19.3 Å². The molecule has 0 saturated carbocycles. The zero-order valence-corrected chi connectivity index (χ0v) is 30.6. The minimum Gasteiger partial charge on any atom is -0.310 e. The van der Waals surface area contributed by atoms with Crippen LogP contribution in [0.25, 0.3) is 64.7 Å². The molecule has 0 radical (unpaired) electrons. The van der Waals surface area contributed by atoms with Crippen molar-refractivity contribution in [3.63, 3.8) is 0 Å². The zero-order chi connectivity index (χ0) is 35.5. The minimum absolute atomic E-state index is 0.200. The van der Waals surface area contributed by atoms with Gasteiger partial charge in [0.15, 0.2) is 0 Å². The van der Waals surface area contributed by atoms with E-state index >= 15 is 0 Å². The van der Waals surface area contributed by atoms with Crippen LogP contribution < -0.4 is 4.90 Å². The number of benzene rings is 8. The van der Waals surface area contributed by atoms with E-state index in [1.165, 1.54) is 75.8 Å². The number of hydrogen-bond acceptors (Lipinski definition) is 2. The summed E-state index contributed by atoms with van der Waals surface area (Å²) < 4.78 is 2.69. The molecular weight excluding hydrogens is 659 g/mol. The third kappa shape index (κ3) is 5.21. The maximum Gasteiger partial charge on any atom is 0.0465 e. The molecule has 0 amide bonds. The Morgan fingerprint density at radius 1 is 0.396 bits per heavy atom. The molecule has 53 heavy (non-hydrogen) atoms. The van der Waals surface area contributed by atoms with E-state index in [4.69, 9.17) is 0 Å². The highest BCUT2D eigenvalue weighted by Crippen LogP contribution is 2.57. The van der Waals surface area contributed by atoms with Crippen LogP contribution in [0.3, 0.4) is 0 Å². The van der Waals surface area contributed by atoms with E-state index in [1.54, 1.807) is 0 Å². The molecule has 8 aromatic carbocycles. The fourth-order valence-electron chi connectivity index (χ4n) is 8.42. The highest BCUT2D eigenvalue weighted by Gasteiger charge is 2.39. The molecule has 0 fully saturated rings. The van der Waals surface area contributed by atoms with Crippen LogP contribution in [-0.2, 0) is 5.41 Å². The maximum atomic E-state index is 2.49. The van der Waals surface area contributed by atoms with E-state index in [2.05, 4.69) is 207 Å². The normalized spacial score (nSPS) is 12.9. The molecule has 2 heteroatoms. The molecule has 1 aliphatic carbocycles. The van der Waals surface area contributed by atoms with Crippen molar-refractivity contribution in [2.75, 3.05) is 4.90 Å². The van der Waals surface area contributed by atoms with Gasteiger partial charge in [0.1, 0.15) is 0 Å². The molecule has 10 rings (SSSR count). The van der Waals surface area contributed by atoms with Crippen molar-refractivity contribution in [1.82, 2.24) is 0 Å². The lowest BCUT2D eigenvalue weighted by molar-refractivity contribution is 0.661. The van der Waals surface area contributed by atoms with Crippen molar-refractivity contribution >= 4 is 48.6 Å². The number of anilines is 3. The van der Waals surface area contributed by atoms with Crippen LogP contribution in [0.2, 0.25) is 0 Å². The van der Waals surface area contributed by atoms with Gasteiger partial charge in [-0.2, -0.15) is 0 Å². The van der Waals surface area contributed by atoms with Crippen LogP contribution in [0.5, 0.6) is 0 Å². The van der Waals surface area contributed by atoms with Gasteiger partial charge in [0.25, 0.3) is 0 Å². The summed E-state index contributed by atoms with van der Waals surface area (Å²) in [5.74, 6) is 0. The molecule has 0 atom stereocenters. The van der Waals surface area contributed by atoms with Gasteiger partial charge in [-0.05, 0) is 104 Å². The van der Waals surface area contributed by atoms with Gasteiger partial charge in [-0.1, -0.05) is 153 Å². The highest BCUT2D eigenvalue weighted by molar-refractivity contribution is 7.26. The van der Waals surface area contributed by atoms with Crippen molar-refractivity contribution in [1.29, 1.82) is 0 Å². The Kier molecular flexibility index (Phi) is 7.42. The Balaban J connectivity index is 1.16. The van der Waals surface area contributed by atoms with Crippen LogP contribution >= 0.6 is 11.3 Å². The molecule has 1 aromatic heterocycles. The fourth-order valence-corrected chi connectivity index (χ4v) is 9.57. The second-order valence-electron chi connectivity index (χ2n) is 14.5. The van der Waals surface area contributed by atoms with Crippen LogP contribution in [0.4, 0.5) is 17.1 Å². The molecule has 1 nitrogen and oxygen atoms in total. The average Bonchev–Trinajstić information content (AvgIpc) is 3.70. The molecule has 9 aromatic rings. The van der Waals surface area contributed by atoms with Crippen molar-refractivity contribution in [3.05, 3.63) is 199 Å². The molecule has 0 unspecified atom stereocenters. The van der Waals surface area contributed by atoms with Crippen LogP contribution in [0.15, 0.2) is 188 Å². The second kappa shape index (κ2) is 12.5. The van der Waals surface area contributed by atoms with E-state index in [0.29, 0.717) is 0 Å². The van der Waals surface area contributed by atoms with Crippen LogP contribution in [0.1, 0.15) is 25.0 Å². The largest absolute Gasteiger partial charge is 0.310 e. The van der Waals surface area contributed by atoms with Gasteiger partial charge in [0, 0.05) is 42.6 Å². The van der Waals surface area contributed by atoms with Crippen LogP contribution in [-0.4, -0.2) is 0 Å². The molecule has 1 heterocycles. The maximum absolute atomic E-state index is 2.49. The van der Waals surface area contributed by atoms with Gasteiger partial charge >= 0.3 is 0 Å². The Bertz CT molecular complexity index is 2680. The first-order chi connectivity index (χ1) is 26.0. The first-order valence-corrected chi connectivity index (χ1v) is 19.2. The third-order valence-corrected chi connectivity index (χ3v) is 12.2. The standard InChI is InChI=1S/C51H37NS/c1-51(2)44-32-41(30-31-42(44)49-45(51)33-47-50(43-20-12-13-21-46(43)53-47)48(49)38-18-10-5-11-19-38)52(39-26-22-36(23-27-39)34-14-6-3-7-15-34)40-28-24-37(25-29-40)35-16-8-4-9-17-35/h3-33H,1-2H3. The number of rotatable bonds is 6. The molecule has 0 spiro atoms. The molecule has 252 valence electrons. The molecule has 1 aliphatic rings. The first-order valence-electron chi connectivity index (χ1n) is 18.3. The quantitative estimate of drug-likeness (QED) is 0.167. The lowest BCUT2D eigenvalue weighted by atomic mass is 9.81. The lowest BCUT2D eigenvalue weighted by Crippen LogP contribution is -2.16. The topological polar surface area (TPSA) is 3.24 Å². The van der Waals surface area contributed by atoms with Crippen molar-refractivity contribution in [2.24, 2.45) is 0 Å². The molecular formula is C51H37NS. The Labute approximate surface area is 315 Å². The van der Waals surface area contributed by atoms with Gasteiger partial charge in [0.05, 0.1) is 0 Å². The van der Waals surface area contributed by atoms with Crippen LogP contribution in [0, 0.1) is 0 Å². The number of fused-ring (bicyclic) bond motifs is 6. The third-order valence-electron chi connectivity index (χ3n) is 11.1. The number of nitrogens with zero attached hydrogens (tertiary/aromatic N) is 1. The van der Waals surface area contributed by atoms with E-state index in [0.717, 1.165) is 17.1 Å². The van der Waals surface area contributed by atoms with Gasteiger partial charge in [-0.3, -0.25) is 0 Å². The SMILES string of the molecule is CC1(C)c2cc(N(c3ccc(-c4ccccc4)cc3)c3ccc(-c4ccccc4)cc3)ccc2-c2c1cc1sc3ccccc3c1c2-c1ccccc1. The summed E-state index contributed by atoms with van der Waals surface area (Å²) in [5, 5.41) is 2.70. The predicted molar refractivity (Wildman–Crippen MR) is 228 cm³/mol. The fraction of sp³-hybridized carbons (Fsp3) is 0.0588. The Morgan fingerprint density at radius 3 is 1.47 bits per heavy atom. The minimum atomic E-state index is -0.200. The highest BCUT2D eigenvalue weighted by atomic mass is 32.1. The number of thiophene rings is 1. The smallest absolute Gasteiger partial charge is 0.0465 e. The summed E-state index contributed by atoms with van der Waals surface area (Å²) in [4.78, 5) is 2.41. The summed E-state index contributed by atoms with van der Waals surface area (Å²) in [7, 11) is 0. The van der Waals surface area contributed by atoms with Gasteiger partial charge in [-0.15, -0.1) is 11.3 Å². The molecule has 0 bridgehead atoms. The predicted octanol–water partition coefficient (Wildman–Crippen LogP) is 14.8. The zero-order valence-electron chi connectivity index (χ0n) is 29.8. The molecule has 0 saturated heterocycles. The van der Waals surface area contributed by atoms with E-state index in [9.17, 15) is 0 Å². The summed E-state index contributed by atoms with van der Waals surface area (Å²) in [6, 6.07) is 68.8. The summed E-state index contributed by atoms with van der Waals surface area (Å²) in [6.45, 7) is 4.81. The average molecular weight is 696 g/mol. The van der Waals surface area contributed by atoms with Gasteiger partial charge in [-0.25, -0.2) is 0 Å². The first kappa shape index (κ1) is 31.5. The summed E-state index contributed by atoms with van der Waals surface area (Å²) in [6.07, 6.45) is 0. The van der Waals surface area contributed by atoms with Crippen molar-refractivity contribution in [3.8, 4) is 44.5 Å². The molecule has 0 aliphatic heterocycles. The Morgan fingerprint density at radius 2 is 0.887 bits per heavy atom. The lowest BCUT2D eigenvalue weighted by Gasteiger charge is -2.28. The van der Waals surface area contributed by atoms with E-state index in [-0.39, 0.29) is 5.41 Å². The monoisotopic (exact) mass is 695 g/mol. The summed E-state index contributed by atoms with van der Waals surface area (Å²) >= 11 is 1.91. The van der Waals surface area contributed by atoms with Gasteiger partial charge in [0.2, 0.25) is 0 Å². The van der Waals surface area contributed by atoms with Gasteiger partial charge < -0.3 is 4.90 Å². The second-order valence-corrected chi connectivity index (χ2v) is 15.6. The summed E-state index contributed by atoms with van der Waals surface area (Å²) in [5.41, 5.74) is 16.1. The number of hydrogen-bond donors (Lipinski definition) is 0. The van der Waals surface area contributed by atoms with E-state index in [1.807, 2.05) is 11.3 Å². The molecule has 0 N–H and O–H groups in total. The Hall–Kier alpha value is -6.22. The van der Waals surface area contributed by atoms with Crippen molar-refractivity contribution < 1.29 is 0 Å².